The Morgan fingerprint density at radius 1 is 0.971 bits per heavy atom. The van der Waals surface area contributed by atoms with Crippen molar-refractivity contribution in [3.63, 3.8) is 0 Å². The summed E-state index contributed by atoms with van der Waals surface area (Å²) in [5, 5.41) is 16.0. The van der Waals surface area contributed by atoms with E-state index in [0.717, 1.165) is 0 Å². The number of hydrogen-bond acceptors (Lipinski definition) is 6. The van der Waals surface area contributed by atoms with Crippen molar-refractivity contribution in [2.24, 2.45) is 5.10 Å². The zero-order valence-electron chi connectivity index (χ0n) is 18.3. The lowest BCUT2D eigenvalue weighted by Crippen LogP contribution is -2.25. The van der Waals surface area contributed by atoms with Crippen molar-refractivity contribution in [3.05, 3.63) is 111 Å². The molecule has 0 saturated carbocycles. The van der Waals surface area contributed by atoms with E-state index in [1.54, 1.807) is 65.2 Å². The lowest BCUT2D eigenvalue weighted by atomic mass is 10.1. The Morgan fingerprint density at radius 3 is 2.34 bits per heavy atom. The fraction of sp³-hybridized carbons (Fsp3) is 0.0385. The van der Waals surface area contributed by atoms with Gasteiger partial charge < -0.3 is 8.98 Å². The maximum absolute atomic E-state index is 12.8. The molecule has 3 aromatic carbocycles. The van der Waals surface area contributed by atoms with Crippen LogP contribution in [0, 0.1) is 10.1 Å². The molecule has 0 aliphatic heterocycles. The van der Waals surface area contributed by atoms with Gasteiger partial charge in [0, 0.05) is 28.5 Å². The number of furan rings is 1. The number of para-hydroxylation sites is 2. The number of carbonyl (C=O) groups is 1. The van der Waals surface area contributed by atoms with Crippen LogP contribution in [0.5, 0.6) is 0 Å². The standard InChI is InChI=1S/C26H18N4O5/c31-25(16-29-22-10-3-1-8-20(22)26(32)21-9-2-4-11-23(21)29)28-27-15-19-12-13-24(35-19)17-6-5-7-18(14-17)30(33)34/h1-15H,16H2,(H,28,31)/b27-15-. The van der Waals surface area contributed by atoms with Gasteiger partial charge in [-0.15, -0.1) is 0 Å². The number of aromatic nitrogens is 1. The maximum Gasteiger partial charge on any atom is 0.270 e. The molecule has 0 radical (unpaired) electrons. The average Bonchev–Trinajstić information content (AvgIpc) is 3.35. The Kier molecular flexibility index (Phi) is 5.64. The van der Waals surface area contributed by atoms with E-state index in [2.05, 4.69) is 10.5 Å². The number of amides is 1. The van der Waals surface area contributed by atoms with Crippen LogP contribution >= 0.6 is 0 Å². The highest BCUT2D eigenvalue weighted by Gasteiger charge is 2.13. The number of nitrogens with zero attached hydrogens (tertiary/aromatic N) is 3. The Hall–Kier alpha value is -5.05. The van der Waals surface area contributed by atoms with Gasteiger partial charge in [-0.2, -0.15) is 5.10 Å². The topological polar surface area (TPSA) is 120 Å². The molecule has 2 heterocycles. The quantitative estimate of drug-likeness (QED) is 0.171. The maximum atomic E-state index is 12.8. The van der Waals surface area contributed by atoms with E-state index in [4.69, 9.17) is 4.42 Å². The number of rotatable bonds is 6. The number of nitrogens with one attached hydrogen (secondary N) is 1. The minimum atomic E-state index is -0.473. The molecule has 1 amide bonds. The third-order valence-electron chi connectivity index (χ3n) is 5.53. The van der Waals surface area contributed by atoms with Gasteiger partial charge >= 0.3 is 0 Å². The first-order valence-corrected chi connectivity index (χ1v) is 10.7. The molecule has 9 nitrogen and oxygen atoms in total. The Morgan fingerprint density at radius 2 is 1.66 bits per heavy atom. The van der Waals surface area contributed by atoms with Crippen molar-refractivity contribution in [2.75, 3.05) is 0 Å². The predicted molar refractivity (Wildman–Crippen MR) is 132 cm³/mol. The Balaban J connectivity index is 1.35. The fourth-order valence-electron chi connectivity index (χ4n) is 3.94. The van der Waals surface area contributed by atoms with E-state index in [-0.39, 0.29) is 23.6 Å². The summed E-state index contributed by atoms with van der Waals surface area (Å²) < 4.78 is 7.45. The number of hydrogen-bond donors (Lipinski definition) is 1. The van der Waals surface area contributed by atoms with E-state index in [0.29, 0.717) is 38.9 Å². The molecule has 0 unspecified atom stereocenters. The van der Waals surface area contributed by atoms with Crippen molar-refractivity contribution in [3.8, 4) is 11.3 Å². The van der Waals surface area contributed by atoms with Crippen LogP contribution in [-0.4, -0.2) is 21.6 Å². The number of fused-ring (bicyclic) bond motifs is 2. The SMILES string of the molecule is O=C(Cn1c2ccccc2c(=O)c2ccccc21)N/N=C\c1ccc(-c2cccc([N+](=O)[O-])c2)o1. The average molecular weight is 466 g/mol. The zero-order valence-corrected chi connectivity index (χ0v) is 18.3. The van der Waals surface area contributed by atoms with E-state index in [1.807, 2.05) is 12.1 Å². The van der Waals surface area contributed by atoms with Crippen LogP contribution in [-0.2, 0) is 11.3 Å². The van der Waals surface area contributed by atoms with Crippen LogP contribution in [0.2, 0.25) is 0 Å². The van der Waals surface area contributed by atoms with Crippen LogP contribution in [0.3, 0.4) is 0 Å². The molecule has 0 atom stereocenters. The molecule has 2 aromatic heterocycles. The van der Waals surface area contributed by atoms with E-state index in [9.17, 15) is 19.7 Å². The van der Waals surface area contributed by atoms with Crippen LogP contribution < -0.4 is 10.9 Å². The highest BCUT2D eigenvalue weighted by atomic mass is 16.6. The van der Waals surface area contributed by atoms with Gasteiger partial charge in [0.15, 0.2) is 5.43 Å². The second-order valence-corrected chi connectivity index (χ2v) is 7.75. The monoisotopic (exact) mass is 466 g/mol. The van der Waals surface area contributed by atoms with E-state index < -0.39 is 4.92 Å². The number of carbonyl (C=O) groups excluding carboxylic acids is 1. The normalized spacial score (nSPS) is 11.3. The molecule has 0 saturated heterocycles. The first-order valence-electron chi connectivity index (χ1n) is 10.7. The number of nitro groups is 1. The van der Waals surface area contributed by atoms with Crippen molar-refractivity contribution >= 4 is 39.6 Å². The summed E-state index contributed by atoms with van der Waals surface area (Å²) in [6.07, 6.45) is 1.35. The number of benzene rings is 3. The first-order chi connectivity index (χ1) is 17.0. The molecule has 1 N–H and O–H groups in total. The van der Waals surface area contributed by atoms with Gasteiger partial charge in [0.1, 0.15) is 18.1 Å². The van der Waals surface area contributed by atoms with Gasteiger partial charge in [-0.25, -0.2) is 5.43 Å². The van der Waals surface area contributed by atoms with Crippen molar-refractivity contribution in [1.82, 2.24) is 9.99 Å². The molecule has 0 spiro atoms. The zero-order chi connectivity index (χ0) is 24.4. The molecule has 0 bridgehead atoms. The molecule has 35 heavy (non-hydrogen) atoms. The first kappa shape index (κ1) is 21.8. The van der Waals surface area contributed by atoms with Crippen LogP contribution in [0.15, 0.2) is 99.2 Å². The predicted octanol–water partition coefficient (Wildman–Crippen LogP) is 4.47. The molecular formula is C26H18N4O5. The molecule has 9 heteroatoms. The lowest BCUT2D eigenvalue weighted by molar-refractivity contribution is -0.384. The molecule has 0 aliphatic carbocycles. The van der Waals surface area contributed by atoms with Gasteiger partial charge in [0.25, 0.3) is 11.6 Å². The number of pyridine rings is 1. The van der Waals surface area contributed by atoms with Crippen LogP contribution in [0.1, 0.15) is 5.76 Å². The smallest absolute Gasteiger partial charge is 0.270 e. The number of hydrazone groups is 1. The summed E-state index contributed by atoms with van der Waals surface area (Å²) in [6.45, 7) is -0.0459. The van der Waals surface area contributed by atoms with Gasteiger partial charge in [-0.05, 0) is 36.4 Å². The van der Waals surface area contributed by atoms with Gasteiger partial charge in [-0.1, -0.05) is 36.4 Å². The van der Waals surface area contributed by atoms with Crippen LogP contribution in [0.25, 0.3) is 33.1 Å². The fourth-order valence-corrected chi connectivity index (χ4v) is 3.94. The molecule has 5 rings (SSSR count). The number of non-ortho nitro benzene ring substituents is 1. The molecule has 172 valence electrons. The minimum Gasteiger partial charge on any atom is -0.455 e. The molecule has 0 fully saturated rings. The third-order valence-corrected chi connectivity index (χ3v) is 5.53. The summed E-state index contributed by atoms with van der Waals surface area (Å²) in [5.41, 5.74) is 4.23. The van der Waals surface area contributed by atoms with Gasteiger partial charge in [-0.3, -0.25) is 19.7 Å². The Bertz CT molecular complexity index is 1620. The van der Waals surface area contributed by atoms with Gasteiger partial charge in [0.2, 0.25) is 0 Å². The lowest BCUT2D eigenvalue weighted by Gasteiger charge is -2.14. The highest BCUT2D eigenvalue weighted by Crippen LogP contribution is 2.25. The van der Waals surface area contributed by atoms with E-state index in [1.165, 1.54) is 18.3 Å². The summed E-state index contributed by atoms with van der Waals surface area (Å²) in [5.74, 6) is 0.421. The molecule has 0 aliphatic rings. The molecule has 5 aromatic rings. The third kappa shape index (κ3) is 4.30. The van der Waals surface area contributed by atoms with Crippen LogP contribution in [0.4, 0.5) is 5.69 Å². The van der Waals surface area contributed by atoms with Crippen molar-refractivity contribution in [2.45, 2.75) is 6.54 Å². The largest absolute Gasteiger partial charge is 0.455 e. The van der Waals surface area contributed by atoms with Gasteiger partial charge in [0.05, 0.1) is 22.2 Å². The summed E-state index contributed by atoms with van der Waals surface area (Å²) in [7, 11) is 0. The second kappa shape index (κ2) is 9.06. The van der Waals surface area contributed by atoms with Crippen molar-refractivity contribution < 1.29 is 14.1 Å². The summed E-state index contributed by atoms with van der Waals surface area (Å²) >= 11 is 0. The van der Waals surface area contributed by atoms with Crippen molar-refractivity contribution in [1.29, 1.82) is 0 Å². The second-order valence-electron chi connectivity index (χ2n) is 7.75. The number of nitro benzene ring substituents is 1. The minimum absolute atomic E-state index is 0.0380. The summed E-state index contributed by atoms with van der Waals surface area (Å²) in [4.78, 5) is 36.0. The summed E-state index contributed by atoms with van der Waals surface area (Å²) in [6, 6.07) is 23.7. The highest BCUT2D eigenvalue weighted by molar-refractivity contribution is 5.95. The molecular weight excluding hydrogens is 448 g/mol. The van der Waals surface area contributed by atoms with E-state index >= 15 is 0 Å². The Labute approximate surface area is 198 Å².